The monoisotopic (exact) mass is 562 g/mol. The van der Waals surface area contributed by atoms with E-state index in [2.05, 4.69) is 10.5 Å². The van der Waals surface area contributed by atoms with Crippen molar-refractivity contribution in [1.82, 2.24) is 5.16 Å². The van der Waals surface area contributed by atoms with Crippen molar-refractivity contribution < 1.29 is 33.4 Å². The predicted molar refractivity (Wildman–Crippen MR) is 149 cm³/mol. The Morgan fingerprint density at radius 2 is 1.70 bits per heavy atom. The molecule has 10 heteroatoms. The third-order valence-corrected chi connectivity index (χ3v) is 6.82. The second-order valence-corrected chi connectivity index (χ2v) is 9.71. The average Bonchev–Trinajstić information content (AvgIpc) is 3.11. The number of hydrogen-bond acceptors (Lipinski definition) is 7. The summed E-state index contributed by atoms with van der Waals surface area (Å²) in [5.41, 5.74) is 4.35. The molecule has 1 atom stereocenters. The van der Waals surface area contributed by atoms with Crippen molar-refractivity contribution in [2.45, 2.75) is 32.8 Å². The van der Waals surface area contributed by atoms with E-state index in [1.54, 1.807) is 44.2 Å². The van der Waals surface area contributed by atoms with Gasteiger partial charge in [0, 0.05) is 22.6 Å². The summed E-state index contributed by atoms with van der Waals surface area (Å²) in [6.07, 6.45) is -0.664. The van der Waals surface area contributed by atoms with Crippen LogP contribution in [-0.2, 0) is 16.0 Å². The number of halogens is 1. The molecule has 1 aliphatic rings. The minimum Gasteiger partial charge on any atom is -0.489 e. The van der Waals surface area contributed by atoms with E-state index in [4.69, 9.17) is 35.4 Å². The number of nitrogens with one attached hydrogen (secondary N) is 1. The molecule has 3 aromatic carbocycles. The van der Waals surface area contributed by atoms with Gasteiger partial charge in [-0.1, -0.05) is 59.2 Å². The Kier molecular flexibility index (Phi) is 7.93. The number of hydrogen-bond donors (Lipinski definition) is 2. The summed E-state index contributed by atoms with van der Waals surface area (Å²) in [5, 5.41) is 16.4. The topological polar surface area (TPSA) is 120 Å². The molecule has 0 bridgehead atoms. The summed E-state index contributed by atoms with van der Waals surface area (Å²) in [5.74, 6) is 0.388. The van der Waals surface area contributed by atoms with Crippen LogP contribution in [0.1, 0.15) is 36.3 Å². The number of carboxylic acid groups (broad SMARTS) is 1. The molecule has 1 aliphatic heterocycles. The van der Waals surface area contributed by atoms with Gasteiger partial charge in [-0.05, 0) is 43.2 Å². The Hall–Kier alpha value is -4.50. The molecule has 2 N–H and O–H groups in total. The first-order valence-corrected chi connectivity index (χ1v) is 13.1. The molecule has 1 amide bonds. The second kappa shape index (κ2) is 11.7. The maximum Gasteiger partial charge on any atom is 0.412 e. The van der Waals surface area contributed by atoms with E-state index in [9.17, 15) is 9.59 Å². The number of benzene rings is 3. The fourth-order valence-electron chi connectivity index (χ4n) is 4.50. The van der Waals surface area contributed by atoms with Crippen molar-refractivity contribution >= 4 is 29.4 Å². The molecule has 206 valence electrons. The van der Waals surface area contributed by atoms with Crippen LogP contribution in [0.25, 0.3) is 22.5 Å². The molecule has 2 heterocycles. The zero-order chi connectivity index (χ0) is 28.2. The average molecular weight is 563 g/mol. The van der Waals surface area contributed by atoms with Crippen molar-refractivity contribution in [2.24, 2.45) is 0 Å². The number of carbonyl (C=O) groups is 2. The third kappa shape index (κ3) is 5.74. The number of anilines is 1. The van der Waals surface area contributed by atoms with E-state index in [-0.39, 0.29) is 6.42 Å². The van der Waals surface area contributed by atoms with Crippen molar-refractivity contribution in [2.75, 3.05) is 18.5 Å². The quantitative estimate of drug-likeness (QED) is 0.245. The molecule has 0 fully saturated rings. The third-order valence-electron chi connectivity index (χ3n) is 6.48. The van der Waals surface area contributed by atoms with E-state index in [0.717, 1.165) is 11.1 Å². The van der Waals surface area contributed by atoms with Gasteiger partial charge < -0.3 is 23.8 Å². The summed E-state index contributed by atoms with van der Waals surface area (Å²) in [6.45, 7) is 4.32. The fraction of sp³-hybridized carbons (Fsp3) is 0.233. The maximum absolute atomic E-state index is 12.9. The van der Waals surface area contributed by atoms with Gasteiger partial charge in [-0.15, -0.1) is 0 Å². The van der Waals surface area contributed by atoms with Gasteiger partial charge in [-0.2, -0.15) is 0 Å². The number of rotatable bonds is 7. The minimum absolute atomic E-state index is 0.0584. The van der Waals surface area contributed by atoms with E-state index < -0.39 is 18.2 Å². The highest BCUT2D eigenvalue weighted by atomic mass is 35.5. The first kappa shape index (κ1) is 27.1. The van der Waals surface area contributed by atoms with Crippen LogP contribution in [0.4, 0.5) is 10.5 Å². The Morgan fingerprint density at radius 3 is 2.40 bits per heavy atom. The van der Waals surface area contributed by atoms with E-state index >= 15 is 0 Å². The molecule has 40 heavy (non-hydrogen) atoms. The maximum atomic E-state index is 12.9. The second-order valence-electron chi connectivity index (χ2n) is 9.30. The molecule has 0 spiro atoms. The number of aliphatic carboxylic acids is 1. The van der Waals surface area contributed by atoms with Crippen LogP contribution in [-0.4, -0.2) is 35.5 Å². The van der Waals surface area contributed by atoms with Crippen LogP contribution in [0.5, 0.6) is 11.5 Å². The van der Waals surface area contributed by atoms with Crippen molar-refractivity contribution in [3.05, 3.63) is 82.5 Å². The number of aryl methyl sites for hydroxylation is 1. The van der Waals surface area contributed by atoms with E-state index in [1.165, 1.54) is 0 Å². The number of aromatic nitrogens is 1. The van der Waals surface area contributed by atoms with Crippen LogP contribution in [0, 0.1) is 6.92 Å². The van der Waals surface area contributed by atoms with Crippen LogP contribution in [0.3, 0.4) is 0 Å². The zero-order valence-corrected chi connectivity index (χ0v) is 22.7. The van der Waals surface area contributed by atoms with Crippen molar-refractivity contribution in [3.63, 3.8) is 0 Å². The molecule has 4 aromatic rings. The number of carboxylic acids is 1. The van der Waals surface area contributed by atoms with Gasteiger partial charge in [0.15, 0.2) is 17.3 Å². The molecule has 1 unspecified atom stereocenters. The molecule has 9 nitrogen and oxygen atoms in total. The molecular weight excluding hydrogens is 536 g/mol. The number of amides is 1. The molecule has 5 rings (SSSR count). The standard InChI is InChI=1S/C30H27ClN2O7/c1-17-26(32-30(36)39-18(2)21-6-3-4-7-24(21)31)27(40-33-17)23-13-12-22(28-29(23)38-15-5-14-37-28)20-10-8-19(9-11-20)16-25(34)35/h3-4,6-13,18H,5,14-16H2,1-2H3,(H,32,36)(H,34,35). The largest absolute Gasteiger partial charge is 0.489 e. The molecule has 1 aromatic heterocycles. The highest BCUT2D eigenvalue weighted by Gasteiger charge is 2.27. The van der Waals surface area contributed by atoms with Gasteiger partial charge in [-0.3, -0.25) is 10.1 Å². The Balaban J connectivity index is 1.46. The minimum atomic E-state index is -0.892. The first-order valence-electron chi connectivity index (χ1n) is 12.7. The highest BCUT2D eigenvalue weighted by molar-refractivity contribution is 6.31. The summed E-state index contributed by atoms with van der Waals surface area (Å²) in [6, 6.07) is 18.1. The lowest BCUT2D eigenvalue weighted by atomic mass is 9.98. The molecule has 0 radical (unpaired) electrons. The lowest BCUT2D eigenvalue weighted by Gasteiger charge is -2.17. The molecule has 0 aliphatic carbocycles. The SMILES string of the molecule is Cc1noc(-c2ccc(-c3ccc(CC(=O)O)cc3)c3c2OCCCO3)c1NC(=O)OC(C)c1ccccc1Cl. The van der Waals surface area contributed by atoms with Gasteiger partial charge in [0.2, 0.25) is 0 Å². The van der Waals surface area contributed by atoms with Gasteiger partial charge >= 0.3 is 12.1 Å². The highest BCUT2D eigenvalue weighted by Crippen LogP contribution is 2.48. The number of nitrogens with zero attached hydrogens (tertiary/aromatic N) is 1. The summed E-state index contributed by atoms with van der Waals surface area (Å²) >= 11 is 6.26. The number of carbonyl (C=O) groups excluding carboxylic acids is 1. The summed E-state index contributed by atoms with van der Waals surface area (Å²) < 4.78 is 23.5. The Bertz CT molecular complexity index is 1550. The van der Waals surface area contributed by atoms with Gasteiger partial charge in [0.1, 0.15) is 17.5 Å². The first-order chi connectivity index (χ1) is 19.3. The van der Waals surface area contributed by atoms with Crippen LogP contribution >= 0.6 is 11.6 Å². The van der Waals surface area contributed by atoms with E-state index in [0.29, 0.717) is 70.0 Å². The van der Waals surface area contributed by atoms with Crippen molar-refractivity contribution in [1.29, 1.82) is 0 Å². The lowest BCUT2D eigenvalue weighted by molar-refractivity contribution is -0.136. The fourth-order valence-corrected chi connectivity index (χ4v) is 4.79. The smallest absolute Gasteiger partial charge is 0.412 e. The normalized spacial score (nSPS) is 13.3. The zero-order valence-electron chi connectivity index (χ0n) is 21.9. The molecule has 0 saturated heterocycles. The number of fused-ring (bicyclic) bond motifs is 1. The lowest BCUT2D eigenvalue weighted by Crippen LogP contribution is -2.17. The van der Waals surface area contributed by atoms with Gasteiger partial charge in [0.25, 0.3) is 0 Å². The molecular formula is C30H27ClN2O7. The van der Waals surface area contributed by atoms with Crippen LogP contribution in [0.15, 0.2) is 65.2 Å². The molecule has 0 saturated carbocycles. The van der Waals surface area contributed by atoms with Crippen LogP contribution in [0.2, 0.25) is 5.02 Å². The van der Waals surface area contributed by atoms with Crippen molar-refractivity contribution in [3.8, 4) is 33.9 Å². The van der Waals surface area contributed by atoms with Gasteiger partial charge in [0.05, 0.1) is 25.2 Å². The number of ether oxygens (including phenoxy) is 3. The Labute approximate surface area is 235 Å². The predicted octanol–water partition coefficient (Wildman–Crippen LogP) is 7.07. The van der Waals surface area contributed by atoms with Crippen LogP contribution < -0.4 is 14.8 Å². The van der Waals surface area contributed by atoms with E-state index in [1.807, 2.05) is 30.3 Å². The summed E-state index contributed by atoms with van der Waals surface area (Å²) in [7, 11) is 0. The Morgan fingerprint density at radius 1 is 1.02 bits per heavy atom. The van der Waals surface area contributed by atoms with Gasteiger partial charge in [-0.25, -0.2) is 4.79 Å². The summed E-state index contributed by atoms with van der Waals surface area (Å²) in [4.78, 5) is 23.9.